The third-order valence-corrected chi connectivity index (χ3v) is 8.80. The lowest BCUT2D eigenvalue weighted by Gasteiger charge is -2.50. The molecule has 2 aromatic carbocycles. The first-order valence-corrected chi connectivity index (χ1v) is 12.2. The van der Waals surface area contributed by atoms with Crippen molar-refractivity contribution < 1.29 is 9.84 Å². The Morgan fingerprint density at radius 1 is 1.16 bits per heavy atom. The van der Waals surface area contributed by atoms with Crippen LogP contribution in [0.25, 0.3) is 0 Å². The van der Waals surface area contributed by atoms with Gasteiger partial charge in [-0.25, -0.2) is 0 Å². The number of benzene rings is 2. The van der Waals surface area contributed by atoms with E-state index in [1.165, 1.54) is 30.4 Å². The number of hydrogen-bond acceptors (Lipinski definition) is 2. The Kier molecular flexibility index (Phi) is 5.69. The summed E-state index contributed by atoms with van der Waals surface area (Å²) in [5.74, 6) is 3.45. The highest BCUT2D eigenvalue weighted by molar-refractivity contribution is 5.41. The van der Waals surface area contributed by atoms with Gasteiger partial charge in [0, 0.05) is 0 Å². The largest absolute Gasteiger partial charge is 0.489 e. The number of aliphatic hydroxyl groups is 1. The molecule has 2 fully saturated rings. The van der Waals surface area contributed by atoms with E-state index in [0.717, 1.165) is 31.4 Å². The molecule has 5 rings (SSSR count). The second-order valence-electron chi connectivity index (χ2n) is 10.4. The molecule has 0 aliphatic heterocycles. The second kappa shape index (κ2) is 8.47. The van der Waals surface area contributed by atoms with Crippen molar-refractivity contribution >= 4 is 0 Å². The molecule has 0 saturated heterocycles. The van der Waals surface area contributed by atoms with Crippen LogP contribution in [-0.2, 0) is 13.0 Å². The van der Waals surface area contributed by atoms with Gasteiger partial charge in [0.25, 0.3) is 0 Å². The van der Waals surface area contributed by atoms with E-state index < -0.39 is 0 Å². The molecule has 0 radical (unpaired) electrons. The van der Waals surface area contributed by atoms with Crippen molar-refractivity contribution in [3.8, 4) is 5.75 Å². The minimum atomic E-state index is -0.145. The summed E-state index contributed by atoms with van der Waals surface area (Å²) in [5, 5.41) is 11.2. The third-order valence-electron chi connectivity index (χ3n) is 8.80. The topological polar surface area (TPSA) is 29.5 Å². The van der Waals surface area contributed by atoms with Crippen LogP contribution >= 0.6 is 0 Å². The summed E-state index contributed by atoms with van der Waals surface area (Å²) in [6, 6.07) is 17.2. The molecule has 6 atom stereocenters. The first kappa shape index (κ1) is 20.8. The summed E-state index contributed by atoms with van der Waals surface area (Å²) < 4.78 is 6.10. The molecule has 1 N–H and O–H groups in total. The summed E-state index contributed by atoms with van der Waals surface area (Å²) in [6.45, 7) is 6.89. The van der Waals surface area contributed by atoms with Crippen molar-refractivity contribution in [3.05, 3.63) is 77.9 Å². The molecular formula is C29H36O2. The van der Waals surface area contributed by atoms with Gasteiger partial charge in [0.15, 0.2) is 0 Å². The van der Waals surface area contributed by atoms with Crippen molar-refractivity contribution in [1.29, 1.82) is 0 Å². The fourth-order valence-corrected chi connectivity index (χ4v) is 7.15. The highest BCUT2D eigenvalue weighted by Gasteiger charge is 2.57. The van der Waals surface area contributed by atoms with Crippen molar-refractivity contribution in [3.63, 3.8) is 0 Å². The Labute approximate surface area is 187 Å². The summed E-state index contributed by atoms with van der Waals surface area (Å²) in [5.41, 5.74) is 4.34. The number of allylic oxidation sites excluding steroid dienone is 1. The highest BCUT2D eigenvalue weighted by atomic mass is 16.5. The minimum Gasteiger partial charge on any atom is -0.489 e. The fourth-order valence-electron chi connectivity index (χ4n) is 7.15. The van der Waals surface area contributed by atoms with E-state index in [4.69, 9.17) is 4.74 Å². The predicted octanol–water partition coefficient (Wildman–Crippen LogP) is 6.67. The second-order valence-corrected chi connectivity index (χ2v) is 10.4. The van der Waals surface area contributed by atoms with E-state index in [9.17, 15) is 5.11 Å². The molecule has 3 aliphatic carbocycles. The van der Waals surface area contributed by atoms with Gasteiger partial charge in [0.1, 0.15) is 12.4 Å². The van der Waals surface area contributed by atoms with Gasteiger partial charge < -0.3 is 9.84 Å². The molecule has 2 heteroatoms. The van der Waals surface area contributed by atoms with Crippen LogP contribution in [0.2, 0.25) is 0 Å². The van der Waals surface area contributed by atoms with Crippen LogP contribution in [0.15, 0.2) is 61.2 Å². The number of aliphatic hydroxyl groups excluding tert-OH is 1. The van der Waals surface area contributed by atoms with Crippen molar-refractivity contribution in [2.24, 2.45) is 23.2 Å². The molecular weight excluding hydrogens is 380 g/mol. The molecule has 0 heterocycles. The first-order chi connectivity index (χ1) is 15.1. The van der Waals surface area contributed by atoms with Crippen molar-refractivity contribution in [2.75, 3.05) is 0 Å². The fraction of sp³-hybridized carbons (Fsp3) is 0.517. The first-order valence-electron chi connectivity index (χ1n) is 12.2. The zero-order valence-electron chi connectivity index (χ0n) is 18.8. The van der Waals surface area contributed by atoms with Crippen LogP contribution < -0.4 is 4.74 Å². The Morgan fingerprint density at radius 3 is 2.81 bits per heavy atom. The molecule has 31 heavy (non-hydrogen) atoms. The van der Waals surface area contributed by atoms with Gasteiger partial charge in [-0.1, -0.05) is 49.4 Å². The smallest absolute Gasteiger partial charge is 0.120 e. The average Bonchev–Trinajstić information content (AvgIpc) is 3.07. The van der Waals surface area contributed by atoms with Crippen molar-refractivity contribution in [2.45, 2.75) is 70.5 Å². The molecule has 5 unspecified atom stereocenters. The number of fused-ring (bicyclic) bond motifs is 5. The molecule has 2 nitrogen and oxygen atoms in total. The highest BCUT2D eigenvalue weighted by Crippen LogP contribution is 2.62. The van der Waals surface area contributed by atoms with Crippen LogP contribution in [0, 0.1) is 23.2 Å². The molecule has 2 saturated carbocycles. The molecule has 164 valence electrons. The Balaban J connectivity index is 1.32. The van der Waals surface area contributed by atoms with E-state index in [1.807, 2.05) is 12.1 Å². The van der Waals surface area contributed by atoms with Crippen LogP contribution in [0.1, 0.15) is 68.1 Å². The van der Waals surface area contributed by atoms with E-state index in [1.54, 1.807) is 5.56 Å². The maximum atomic E-state index is 11.2. The predicted molar refractivity (Wildman–Crippen MR) is 126 cm³/mol. The van der Waals surface area contributed by atoms with Crippen molar-refractivity contribution in [1.82, 2.24) is 0 Å². The minimum absolute atomic E-state index is 0.100. The zero-order chi connectivity index (χ0) is 21.4. The van der Waals surface area contributed by atoms with E-state index >= 15 is 0 Å². The molecule has 0 spiro atoms. The van der Waals surface area contributed by atoms with Crippen LogP contribution in [-0.4, -0.2) is 11.2 Å². The monoisotopic (exact) mass is 416 g/mol. The number of ether oxygens (including phenoxy) is 1. The van der Waals surface area contributed by atoms with Gasteiger partial charge in [-0.3, -0.25) is 0 Å². The summed E-state index contributed by atoms with van der Waals surface area (Å²) in [7, 11) is 0. The van der Waals surface area contributed by atoms with Gasteiger partial charge in [0.05, 0.1) is 6.10 Å². The van der Waals surface area contributed by atoms with Crippen LogP contribution in [0.4, 0.5) is 0 Å². The number of rotatable bonds is 6. The van der Waals surface area contributed by atoms with Gasteiger partial charge in [-0.15, -0.1) is 6.58 Å². The average molecular weight is 417 g/mol. The van der Waals surface area contributed by atoms with E-state index in [2.05, 4.69) is 56.0 Å². The standard InChI is InChI=1S/C29H36O2/c1-3-4-10-22-18-27-26-13-11-21-17-23(31-19-20-8-6-5-7-9-20)12-14-24(21)25(26)15-16-29(27,2)28(22)30/h3,5-9,12,14,17,22,25-28,30H,1,4,10-11,13,15-16,18-19H2,2H3/t22-,25?,26?,27?,28?,29?/m1/s1. The maximum Gasteiger partial charge on any atom is 0.120 e. The molecule has 2 aromatic rings. The van der Waals surface area contributed by atoms with E-state index in [0.29, 0.717) is 30.3 Å². The number of hydrogen-bond donors (Lipinski definition) is 1. The lowest BCUT2D eigenvalue weighted by Crippen LogP contribution is -2.44. The summed E-state index contributed by atoms with van der Waals surface area (Å²) >= 11 is 0. The lowest BCUT2D eigenvalue weighted by atomic mass is 9.55. The van der Waals surface area contributed by atoms with Gasteiger partial charge >= 0.3 is 0 Å². The molecule has 0 amide bonds. The van der Waals surface area contributed by atoms with Gasteiger partial charge in [0.2, 0.25) is 0 Å². The maximum absolute atomic E-state index is 11.2. The Morgan fingerprint density at radius 2 is 2.00 bits per heavy atom. The van der Waals surface area contributed by atoms with Gasteiger partial charge in [-0.05, 0) is 103 Å². The van der Waals surface area contributed by atoms with Crippen LogP contribution in [0.3, 0.4) is 0 Å². The van der Waals surface area contributed by atoms with E-state index in [-0.39, 0.29) is 11.5 Å². The number of aryl methyl sites for hydroxylation is 1. The van der Waals surface area contributed by atoms with Crippen LogP contribution in [0.5, 0.6) is 5.75 Å². The van der Waals surface area contributed by atoms with Gasteiger partial charge in [-0.2, -0.15) is 0 Å². The quantitative estimate of drug-likeness (QED) is 0.533. The Bertz CT molecular complexity index is 920. The molecule has 0 aromatic heterocycles. The zero-order valence-corrected chi connectivity index (χ0v) is 18.8. The summed E-state index contributed by atoms with van der Waals surface area (Å²) in [6.07, 6.45) is 9.92. The normalized spacial score (nSPS) is 33.8. The molecule has 0 bridgehead atoms. The molecule has 3 aliphatic rings. The summed E-state index contributed by atoms with van der Waals surface area (Å²) in [4.78, 5) is 0. The SMILES string of the molecule is C=CCC[C@@H]1CC2C3CCc4cc(OCc5ccccc5)ccc4C3CCC2(C)C1O. The Hall–Kier alpha value is -2.06. The third kappa shape index (κ3) is 3.74. The lowest BCUT2D eigenvalue weighted by molar-refractivity contribution is -0.0332.